The van der Waals surface area contributed by atoms with Crippen molar-refractivity contribution < 1.29 is 19.1 Å². The van der Waals surface area contributed by atoms with Crippen LogP contribution in [-0.2, 0) is 9.59 Å². The molecule has 1 aliphatic heterocycles. The average molecular weight is 470 g/mol. The zero-order valence-corrected chi connectivity index (χ0v) is 19.3. The second-order valence-corrected chi connectivity index (χ2v) is 8.87. The van der Waals surface area contributed by atoms with Gasteiger partial charge in [0, 0.05) is 11.7 Å². The van der Waals surface area contributed by atoms with Crippen LogP contribution < -0.4 is 15.0 Å². The van der Waals surface area contributed by atoms with E-state index in [0.717, 1.165) is 31.4 Å². The third kappa shape index (κ3) is 4.89. The van der Waals surface area contributed by atoms with Crippen molar-refractivity contribution in [2.24, 2.45) is 5.92 Å². The van der Waals surface area contributed by atoms with E-state index in [1.54, 1.807) is 53.4 Å². The summed E-state index contributed by atoms with van der Waals surface area (Å²) >= 11 is 0. The van der Waals surface area contributed by atoms with E-state index in [9.17, 15) is 14.4 Å². The maximum atomic E-state index is 13.4. The SMILES string of the molecule is O=C(CN1C(=O)N(c2ccccc2)C(=O)C2CCCCC21)Nc1ccc(Oc2ccccc2)cc1. The monoisotopic (exact) mass is 469 g/mol. The summed E-state index contributed by atoms with van der Waals surface area (Å²) in [5, 5.41) is 2.87. The molecule has 0 aromatic heterocycles. The van der Waals surface area contributed by atoms with E-state index < -0.39 is 6.03 Å². The van der Waals surface area contributed by atoms with Crippen LogP contribution in [0.2, 0.25) is 0 Å². The zero-order valence-electron chi connectivity index (χ0n) is 19.3. The number of para-hydroxylation sites is 2. The molecule has 2 aliphatic rings. The Labute approximate surface area is 204 Å². The molecule has 0 radical (unpaired) electrons. The number of carbonyl (C=O) groups is 3. The lowest BCUT2D eigenvalue weighted by molar-refractivity contribution is -0.128. The van der Waals surface area contributed by atoms with Crippen LogP contribution in [0.25, 0.3) is 0 Å². The molecular formula is C28H27N3O4. The van der Waals surface area contributed by atoms with Crippen LogP contribution in [-0.4, -0.2) is 35.3 Å². The summed E-state index contributed by atoms with van der Waals surface area (Å²) in [5.41, 5.74) is 1.14. The van der Waals surface area contributed by atoms with E-state index in [1.165, 1.54) is 4.90 Å². The highest BCUT2D eigenvalue weighted by Crippen LogP contribution is 2.36. The number of hydrogen-bond donors (Lipinski definition) is 1. The van der Waals surface area contributed by atoms with E-state index in [2.05, 4.69) is 5.32 Å². The van der Waals surface area contributed by atoms with Gasteiger partial charge in [0.15, 0.2) is 0 Å². The molecule has 3 aromatic rings. The number of imide groups is 1. The number of anilines is 2. The number of fused-ring (bicyclic) bond motifs is 1. The van der Waals surface area contributed by atoms with Crippen LogP contribution >= 0.6 is 0 Å². The molecule has 2 fully saturated rings. The first-order chi connectivity index (χ1) is 17.1. The van der Waals surface area contributed by atoms with E-state index in [-0.39, 0.29) is 30.3 Å². The van der Waals surface area contributed by atoms with Gasteiger partial charge in [-0.2, -0.15) is 0 Å². The summed E-state index contributed by atoms with van der Waals surface area (Å²) in [7, 11) is 0. The minimum atomic E-state index is -0.439. The lowest BCUT2D eigenvalue weighted by atomic mass is 9.81. The first kappa shape index (κ1) is 22.7. The van der Waals surface area contributed by atoms with Gasteiger partial charge in [0.1, 0.15) is 18.0 Å². The van der Waals surface area contributed by atoms with Crippen LogP contribution in [0.1, 0.15) is 25.7 Å². The molecule has 178 valence electrons. The van der Waals surface area contributed by atoms with Crippen LogP contribution in [0.3, 0.4) is 0 Å². The van der Waals surface area contributed by atoms with Crippen molar-refractivity contribution in [2.75, 3.05) is 16.8 Å². The summed E-state index contributed by atoms with van der Waals surface area (Å²) < 4.78 is 5.79. The fraction of sp³-hybridized carbons (Fsp3) is 0.250. The summed E-state index contributed by atoms with van der Waals surface area (Å²) in [4.78, 5) is 42.4. The normalized spacial score (nSPS) is 19.8. The summed E-state index contributed by atoms with van der Waals surface area (Å²) in [6.45, 7) is -0.112. The topological polar surface area (TPSA) is 79.0 Å². The molecule has 0 bridgehead atoms. The fourth-order valence-electron chi connectivity index (χ4n) is 4.89. The molecule has 1 saturated carbocycles. The number of carbonyl (C=O) groups excluding carboxylic acids is 3. The number of nitrogens with one attached hydrogen (secondary N) is 1. The molecule has 35 heavy (non-hydrogen) atoms. The lowest BCUT2D eigenvalue weighted by Crippen LogP contribution is -2.64. The van der Waals surface area contributed by atoms with Gasteiger partial charge in [0.25, 0.3) is 0 Å². The Morgan fingerprint density at radius 2 is 1.46 bits per heavy atom. The Kier molecular flexibility index (Phi) is 6.48. The second-order valence-electron chi connectivity index (χ2n) is 8.87. The number of benzene rings is 3. The third-order valence-corrected chi connectivity index (χ3v) is 6.55. The van der Waals surface area contributed by atoms with Gasteiger partial charge in [-0.15, -0.1) is 0 Å². The maximum absolute atomic E-state index is 13.4. The highest BCUT2D eigenvalue weighted by Gasteiger charge is 2.47. The number of amides is 4. The Bertz CT molecular complexity index is 1200. The van der Waals surface area contributed by atoms with Crippen LogP contribution in [0, 0.1) is 5.92 Å². The summed E-state index contributed by atoms with van der Waals surface area (Å²) in [5.74, 6) is 0.622. The number of urea groups is 1. The average Bonchev–Trinajstić information content (AvgIpc) is 2.89. The van der Waals surface area contributed by atoms with Gasteiger partial charge in [-0.1, -0.05) is 49.2 Å². The van der Waals surface area contributed by atoms with Crippen molar-refractivity contribution in [3.05, 3.63) is 84.9 Å². The maximum Gasteiger partial charge on any atom is 0.332 e. The molecule has 7 heteroatoms. The molecule has 5 rings (SSSR count). The van der Waals surface area contributed by atoms with E-state index >= 15 is 0 Å². The fourth-order valence-corrected chi connectivity index (χ4v) is 4.89. The quantitative estimate of drug-likeness (QED) is 0.521. The van der Waals surface area contributed by atoms with Crippen LogP contribution in [0.15, 0.2) is 84.9 Å². The highest BCUT2D eigenvalue weighted by atomic mass is 16.5. The smallest absolute Gasteiger partial charge is 0.332 e. The Morgan fingerprint density at radius 1 is 0.829 bits per heavy atom. The van der Waals surface area contributed by atoms with Crippen LogP contribution in [0.5, 0.6) is 11.5 Å². The number of ether oxygens (including phenoxy) is 1. The van der Waals surface area contributed by atoms with Crippen molar-refractivity contribution in [1.29, 1.82) is 0 Å². The minimum Gasteiger partial charge on any atom is -0.457 e. The standard InChI is InChI=1S/C28H27N3O4/c32-26(29-20-15-17-23(18-16-20)35-22-11-5-2-6-12-22)19-30-25-14-8-7-13-24(25)27(33)31(28(30)34)21-9-3-1-4-10-21/h1-6,9-12,15-18,24-25H,7-8,13-14,19H2,(H,29,32). The molecule has 3 aromatic carbocycles. The minimum absolute atomic E-state index is 0.112. The molecule has 2 atom stereocenters. The molecule has 7 nitrogen and oxygen atoms in total. The summed E-state index contributed by atoms with van der Waals surface area (Å²) in [6, 6.07) is 24.8. The largest absolute Gasteiger partial charge is 0.457 e. The molecule has 1 aliphatic carbocycles. The first-order valence-electron chi connectivity index (χ1n) is 11.9. The van der Waals surface area contributed by atoms with Gasteiger partial charge in [-0.05, 0) is 61.4 Å². The molecular weight excluding hydrogens is 442 g/mol. The van der Waals surface area contributed by atoms with Crippen LogP contribution in [0.4, 0.5) is 16.2 Å². The number of nitrogens with zero attached hydrogens (tertiary/aromatic N) is 2. The Morgan fingerprint density at radius 3 is 2.17 bits per heavy atom. The predicted octanol–water partition coefficient (Wildman–Crippen LogP) is 5.45. The van der Waals surface area contributed by atoms with Crippen molar-refractivity contribution in [2.45, 2.75) is 31.7 Å². The highest BCUT2D eigenvalue weighted by molar-refractivity contribution is 6.17. The van der Waals surface area contributed by atoms with Gasteiger partial charge >= 0.3 is 6.03 Å². The van der Waals surface area contributed by atoms with E-state index in [1.807, 2.05) is 36.4 Å². The molecule has 2 unspecified atom stereocenters. The van der Waals surface area contributed by atoms with Crippen molar-refractivity contribution in [1.82, 2.24) is 4.90 Å². The number of rotatable bonds is 6. The molecule has 1 heterocycles. The molecule has 4 amide bonds. The van der Waals surface area contributed by atoms with E-state index in [4.69, 9.17) is 4.74 Å². The van der Waals surface area contributed by atoms with Gasteiger partial charge < -0.3 is 15.0 Å². The number of hydrogen-bond acceptors (Lipinski definition) is 4. The van der Waals surface area contributed by atoms with Gasteiger partial charge in [0.2, 0.25) is 11.8 Å². The first-order valence-corrected chi connectivity index (χ1v) is 11.9. The molecule has 1 N–H and O–H groups in total. The van der Waals surface area contributed by atoms with E-state index in [0.29, 0.717) is 17.1 Å². The zero-order chi connectivity index (χ0) is 24.2. The summed E-state index contributed by atoms with van der Waals surface area (Å²) in [6.07, 6.45) is 3.33. The van der Waals surface area contributed by atoms with Gasteiger partial charge in [-0.3, -0.25) is 9.59 Å². The van der Waals surface area contributed by atoms with Crippen molar-refractivity contribution >= 4 is 29.2 Å². The van der Waals surface area contributed by atoms with Crippen molar-refractivity contribution in [3.63, 3.8) is 0 Å². The Hall–Kier alpha value is -4.13. The molecule has 0 spiro atoms. The predicted molar refractivity (Wildman–Crippen MR) is 133 cm³/mol. The Balaban J connectivity index is 1.29. The van der Waals surface area contributed by atoms with Gasteiger partial charge in [-0.25, -0.2) is 9.69 Å². The lowest BCUT2D eigenvalue weighted by Gasteiger charge is -2.46. The van der Waals surface area contributed by atoms with Gasteiger partial charge in [0.05, 0.1) is 11.6 Å². The second kappa shape index (κ2) is 10.0. The molecule has 1 saturated heterocycles. The van der Waals surface area contributed by atoms with Crippen molar-refractivity contribution in [3.8, 4) is 11.5 Å². The third-order valence-electron chi connectivity index (χ3n) is 6.55.